The third-order valence-corrected chi connectivity index (χ3v) is 11.6. The highest BCUT2D eigenvalue weighted by Crippen LogP contribution is 2.49. The van der Waals surface area contributed by atoms with Crippen LogP contribution in [0, 0.1) is 24.7 Å². The third-order valence-electron chi connectivity index (χ3n) is 11.2. The summed E-state index contributed by atoms with van der Waals surface area (Å²) in [5, 5.41) is 36.7. The van der Waals surface area contributed by atoms with Crippen LogP contribution >= 0.6 is 15.9 Å². The molecule has 1 aliphatic carbocycles. The predicted octanol–water partition coefficient (Wildman–Crippen LogP) is 5.82. The number of nitrogens with zero attached hydrogens (tertiary/aromatic N) is 1. The molecule has 2 aromatic carbocycles. The van der Waals surface area contributed by atoms with E-state index < -0.39 is 71.4 Å². The van der Waals surface area contributed by atoms with Crippen molar-refractivity contribution in [1.82, 2.24) is 5.32 Å². The SMILES string of the molecule is COc1cc(Br)cc(O)c1N=C1C=C2NC(=O)/C(C)=C\C=C\[C@H](C)[C@@H]3O[C@H]([C@H](O)[C@@H]3C)[C@H](OC(C)=O)[C@H](C)[C@@H](OC)/C=C/O[C@@]3(C)Oc4c(C)c(O)c(c1c4C3=O)C2=O. The average molecular weight is 880 g/mol. The minimum Gasteiger partial charge on any atom is -0.507 e. The Bertz CT molecular complexity index is 2260. The van der Waals surface area contributed by atoms with Crippen molar-refractivity contribution < 1.29 is 62.9 Å². The van der Waals surface area contributed by atoms with E-state index in [0.717, 1.165) is 0 Å². The number of ketones is 2. The normalized spacial score (nSPS) is 32.1. The number of benzene rings is 2. The highest BCUT2D eigenvalue weighted by molar-refractivity contribution is 9.10. The van der Waals surface area contributed by atoms with Gasteiger partial charge in [0.05, 0.1) is 54.2 Å². The Morgan fingerprint density at radius 2 is 1.71 bits per heavy atom. The van der Waals surface area contributed by atoms with Gasteiger partial charge in [-0.15, -0.1) is 0 Å². The van der Waals surface area contributed by atoms with E-state index in [1.165, 1.54) is 59.5 Å². The van der Waals surface area contributed by atoms with Gasteiger partial charge in [0.15, 0.2) is 0 Å². The predicted molar refractivity (Wildman–Crippen MR) is 217 cm³/mol. The molecule has 59 heavy (non-hydrogen) atoms. The maximum atomic E-state index is 14.6. The number of aliphatic imine (C=N–C) groups is 1. The molecule has 0 unspecified atom stereocenters. The number of rotatable bonds is 4. The number of ether oxygens (including phenoxy) is 6. The topological polar surface area (TPSA) is 209 Å². The fraction of sp³-hybridized carbons (Fsp3) is 0.419. The van der Waals surface area contributed by atoms with Gasteiger partial charge in [-0.1, -0.05) is 54.9 Å². The van der Waals surface area contributed by atoms with E-state index in [2.05, 4.69) is 26.2 Å². The summed E-state index contributed by atoms with van der Waals surface area (Å²) in [4.78, 5) is 59.6. The summed E-state index contributed by atoms with van der Waals surface area (Å²) in [6.45, 7) is 11.1. The van der Waals surface area contributed by atoms with Gasteiger partial charge < -0.3 is 49.1 Å². The van der Waals surface area contributed by atoms with Gasteiger partial charge in [0.1, 0.15) is 40.9 Å². The minimum absolute atomic E-state index is 0.0350. The number of Topliss-reactive ketones (excluding diaryl/α,β-unsaturated/α-hetero) is 2. The van der Waals surface area contributed by atoms with Gasteiger partial charge in [-0.05, 0) is 38.1 Å². The molecular formula is C43H47BrN2O13. The second kappa shape index (κ2) is 16.8. The lowest BCUT2D eigenvalue weighted by Crippen LogP contribution is -2.46. The van der Waals surface area contributed by atoms with Gasteiger partial charge >= 0.3 is 11.8 Å². The van der Waals surface area contributed by atoms with Crippen LogP contribution in [0.2, 0.25) is 0 Å². The van der Waals surface area contributed by atoms with Crippen LogP contribution in [0.15, 0.2) is 69.5 Å². The summed E-state index contributed by atoms with van der Waals surface area (Å²) in [7, 11) is 2.81. The lowest BCUT2D eigenvalue weighted by molar-refractivity contribution is -0.168. The van der Waals surface area contributed by atoms with Crippen LogP contribution in [0.4, 0.5) is 5.69 Å². The van der Waals surface area contributed by atoms with Crippen molar-refractivity contribution in [2.45, 2.75) is 84.8 Å². The number of esters is 1. The van der Waals surface area contributed by atoms with Crippen molar-refractivity contribution in [1.29, 1.82) is 0 Å². The summed E-state index contributed by atoms with van der Waals surface area (Å²) in [5.41, 5.74) is -0.834. The number of hydrogen-bond donors (Lipinski definition) is 4. The maximum Gasteiger partial charge on any atom is 0.312 e. The molecule has 0 saturated carbocycles. The fourth-order valence-corrected chi connectivity index (χ4v) is 8.27. The molecule has 0 radical (unpaired) electrons. The Morgan fingerprint density at radius 3 is 2.37 bits per heavy atom. The van der Waals surface area contributed by atoms with E-state index in [1.807, 2.05) is 19.9 Å². The first-order valence-corrected chi connectivity index (χ1v) is 19.7. The van der Waals surface area contributed by atoms with E-state index in [4.69, 9.17) is 28.4 Å². The lowest BCUT2D eigenvalue weighted by atomic mass is 9.83. The molecule has 0 aromatic heterocycles. The number of phenols is 2. The van der Waals surface area contributed by atoms with Gasteiger partial charge in [-0.3, -0.25) is 19.2 Å². The Labute approximate surface area is 349 Å². The number of allylic oxidation sites excluding steroid dienone is 4. The van der Waals surface area contributed by atoms with Crippen molar-refractivity contribution in [2.24, 2.45) is 22.7 Å². The Hall–Kier alpha value is -5.29. The molecule has 1 fully saturated rings. The summed E-state index contributed by atoms with van der Waals surface area (Å²) in [6.07, 6.45) is 4.70. The molecule has 16 heteroatoms. The summed E-state index contributed by atoms with van der Waals surface area (Å²) < 4.78 is 36.1. The quantitative estimate of drug-likeness (QED) is 0.268. The molecule has 15 nitrogen and oxygen atoms in total. The number of hydrogen-bond acceptors (Lipinski definition) is 14. The zero-order valence-corrected chi connectivity index (χ0v) is 35.6. The largest absolute Gasteiger partial charge is 0.507 e. The Balaban J connectivity index is 1.54. The van der Waals surface area contributed by atoms with Gasteiger partial charge in [0, 0.05) is 59.9 Å². The second-order valence-corrected chi connectivity index (χ2v) is 16.1. The van der Waals surface area contributed by atoms with Crippen molar-refractivity contribution in [2.75, 3.05) is 14.2 Å². The van der Waals surface area contributed by atoms with Gasteiger partial charge in [-0.25, -0.2) is 4.99 Å². The van der Waals surface area contributed by atoms with Crippen molar-refractivity contribution in [3.8, 4) is 23.0 Å². The van der Waals surface area contributed by atoms with Crippen LogP contribution in [0.3, 0.4) is 0 Å². The number of aliphatic hydroxyl groups is 1. The van der Waals surface area contributed by atoms with Crippen LogP contribution in [0.25, 0.3) is 0 Å². The highest BCUT2D eigenvalue weighted by atomic mass is 79.9. The molecule has 7 rings (SSSR count). The molecule has 7 bridgehead atoms. The zero-order valence-electron chi connectivity index (χ0n) is 34.0. The van der Waals surface area contributed by atoms with E-state index >= 15 is 0 Å². The molecule has 1 saturated heterocycles. The number of halogens is 1. The van der Waals surface area contributed by atoms with Gasteiger partial charge in [-0.2, -0.15) is 0 Å². The smallest absolute Gasteiger partial charge is 0.312 e. The van der Waals surface area contributed by atoms with E-state index in [0.29, 0.717) is 4.47 Å². The Kier molecular flexibility index (Phi) is 12.3. The third kappa shape index (κ3) is 7.93. The number of phenolic OH excluding ortho intramolecular Hbond substituents is 2. The molecular weight excluding hydrogens is 832 g/mol. The Morgan fingerprint density at radius 1 is 1.00 bits per heavy atom. The van der Waals surface area contributed by atoms with E-state index in [1.54, 1.807) is 32.1 Å². The maximum absolute atomic E-state index is 14.6. The van der Waals surface area contributed by atoms with Crippen LogP contribution < -0.4 is 14.8 Å². The molecule has 4 N–H and O–H groups in total. The summed E-state index contributed by atoms with van der Waals surface area (Å²) >= 11 is 3.32. The molecule has 1 amide bonds. The zero-order chi connectivity index (χ0) is 43.2. The minimum atomic E-state index is -2.06. The van der Waals surface area contributed by atoms with Gasteiger partial charge in [0.25, 0.3) is 11.7 Å². The first kappa shape index (κ1) is 43.3. The molecule has 2 aromatic rings. The second-order valence-electron chi connectivity index (χ2n) is 15.2. The van der Waals surface area contributed by atoms with Gasteiger partial charge in [0.2, 0.25) is 5.78 Å². The van der Waals surface area contributed by atoms with Crippen molar-refractivity contribution in [3.63, 3.8) is 0 Å². The van der Waals surface area contributed by atoms with E-state index in [9.17, 15) is 34.5 Å². The monoisotopic (exact) mass is 878 g/mol. The number of carbonyl (C=O) groups excluding carboxylic acids is 4. The number of aromatic hydroxyl groups is 2. The van der Waals surface area contributed by atoms with E-state index in [-0.39, 0.29) is 74.0 Å². The number of nitrogens with one attached hydrogen (secondary N) is 1. The first-order valence-electron chi connectivity index (χ1n) is 18.9. The highest BCUT2D eigenvalue weighted by Gasteiger charge is 2.52. The van der Waals surface area contributed by atoms with Crippen LogP contribution in [0.5, 0.6) is 23.0 Å². The molecule has 4 heterocycles. The van der Waals surface area contributed by atoms with Crippen molar-refractivity contribution >= 4 is 50.8 Å². The molecule has 5 aliphatic rings. The number of methoxy groups -OCH3 is 2. The van der Waals surface area contributed by atoms with Crippen molar-refractivity contribution in [3.05, 3.63) is 86.8 Å². The van der Waals surface area contributed by atoms with Crippen LogP contribution in [0.1, 0.15) is 73.4 Å². The molecule has 0 spiro atoms. The summed E-state index contributed by atoms with van der Waals surface area (Å²) in [5.74, 6) is -7.00. The molecule has 9 atom stereocenters. The number of carbonyl (C=O) groups is 4. The lowest BCUT2D eigenvalue weighted by Gasteiger charge is -2.33. The molecule has 314 valence electrons. The fourth-order valence-electron chi connectivity index (χ4n) is 7.85. The first-order chi connectivity index (χ1) is 27.8. The average Bonchev–Trinajstić information content (AvgIpc) is 3.63. The van der Waals surface area contributed by atoms with Crippen LogP contribution in [-0.4, -0.2) is 95.0 Å². The van der Waals surface area contributed by atoms with Crippen LogP contribution in [-0.2, 0) is 28.5 Å². The number of amides is 1. The number of fused-ring (bicyclic) bond motifs is 9. The summed E-state index contributed by atoms with van der Waals surface area (Å²) in [6, 6.07) is 2.92. The standard InChI is InChI=1S/C43H47BrN2O13/c1-18-11-10-12-19(2)42(53)46-26-17-25(45-33-27(48)15-24(44)16-29(33)55-9)30-31(36(26)51)34(49)21(4)38-32(30)41(52)43(7,59-38)56-14-13-28(54-8)20(3)39(57-23(6)47)40-35(50)22(5)37(18)58-40/h10-18,20,22,28,35,37,39-40,48-50H,1-9H3,(H,46,53)/b11-10+,14-13+,19-12-,45-25?/t18-,20+,22-,28-,35+,37-,39+,40+,43-/m0/s1. The molecule has 4 aliphatic heterocycles. The number of aliphatic hydroxyl groups excluding tert-OH is 1.